The number of aliphatic carboxylic acids is 1. The zero-order valence-electron chi connectivity index (χ0n) is 23.2. The quantitative estimate of drug-likeness (QED) is 0.101. The number of nitrogens with one attached hydrogen (secondary N) is 2. The normalized spacial score (nSPS) is 19.7. The van der Waals surface area contributed by atoms with Gasteiger partial charge in [-0.3, -0.25) is 14.4 Å². The summed E-state index contributed by atoms with van der Waals surface area (Å²) in [5.74, 6) is -2.31. The first-order chi connectivity index (χ1) is 20.5. The van der Waals surface area contributed by atoms with Crippen LogP contribution in [-0.4, -0.2) is 94.8 Å². The molecule has 1 fully saturated rings. The van der Waals surface area contributed by atoms with E-state index in [9.17, 15) is 22.8 Å². The number of piperazine rings is 1. The van der Waals surface area contributed by atoms with Crippen LogP contribution < -0.4 is 16.4 Å². The fraction of sp³-hybridized carbons (Fsp3) is 0.370. The Balaban J connectivity index is 1.40. The summed E-state index contributed by atoms with van der Waals surface area (Å²) in [5.41, 5.74) is 7.00. The molecule has 2 atom stereocenters. The van der Waals surface area contributed by atoms with Crippen molar-refractivity contribution in [2.24, 2.45) is 10.9 Å². The van der Waals surface area contributed by atoms with Crippen molar-refractivity contribution in [2.75, 3.05) is 26.2 Å². The topological polar surface area (TPSA) is 208 Å². The van der Waals surface area contributed by atoms with E-state index in [1.807, 2.05) is 6.92 Å². The minimum atomic E-state index is -4.04. The number of hydrogen-bond donors (Lipinski definition) is 5. The van der Waals surface area contributed by atoms with Crippen molar-refractivity contribution in [3.8, 4) is 0 Å². The van der Waals surface area contributed by atoms with Crippen LogP contribution in [-0.2, 0) is 32.6 Å². The number of amides is 2. The zero-order valence-corrected chi connectivity index (χ0v) is 24.8. The third kappa shape index (κ3) is 6.46. The summed E-state index contributed by atoms with van der Waals surface area (Å²) in [7, 11) is -4.04. The van der Waals surface area contributed by atoms with Gasteiger partial charge in [-0.2, -0.15) is 4.31 Å². The first kappa shape index (κ1) is 30.3. The van der Waals surface area contributed by atoms with Gasteiger partial charge in [0.1, 0.15) is 6.54 Å². The van der Waals surface area contributed by atoms with Crippen molar-refractivity contribution in [2.45, 2.75) is 43.3 Å². The number of aromatic nitrogens is 1. The highest BCUT2D eigenvalue weighted by Crippen LogP contribution is 2.29. The summed E-state index contributed by atoms with van der Waals surface area (Å²) >= 11 is 1.28. The molecule has 43 heavy (non-hydrogen) atoms. The lowest BCUT2D eigenvalue weighted by atomic mass is 10.1. The Hall–Kier alpha value is -4.12. The maximum absolute atomic E-state index is 13.8. The Kier molecular flexibility index (Phi) is 8.64. The molecule has 2 aliphatic heterocycles. The zero-order chi connectivity index (χ0) is 30.9. The van der Waals surface area contributed by atoms with Crippen LogP contribution in [0.1, 0.15) is 39.3 Å². The molecule has 2 amide bonds. The number of oxime groups is 1. The minimum Gasteiger partial charge on any atom is -0.480 e. The number of carbonyl (C=O) groups is 3. The number of nitrogens with zero attached hydrogens (tertiary/aromatic N) is 4. The molecular formula is C27H31N7O7S2. The van der Waals surface area contributed by atoms with Gasteiger partial charge < -0.3 is 31.6 Å². The second-order valence-electron chi connectivity index (χ2n) is 10.5. The van der Waals surface area contributed by atoms with Crippen molar-refractivity contribution in [3.63, 3.8) is 0 Å². The number of carbonyl (C=O) groups excluding carboxylic acids is 2. The van der Waals surface area contributed by atoms with Gasteiger partial charge in [0, 0.05) is 55.5 Å². The first-order valence-corrected chi connectivity index (χ1v) is 15.7. The van der Waals surface area contributed by atoms with Crippen molar-refractivity contribution < 1.29 is 33.1 Å². The molecule has 228 valence electrons. The summed E-state index contributed by atoms with van der Waals surface area (Å²) in [6.07, 6.45) is 0.394. The summed E-state index contributed by atoms with van der Waals surface area (Å²) in [6, 6.07) is 8.90. The molecule has 0 aliphatic carbocycles. The molecule has 0 spiro atoms. The third-order valence-corrected chi connectivity index (χ3v) is 10.4. The lowest BCUT2D eigenvalue weighted by molar-refractivity contribution is -0.138. The fourth-order valence-corrected chi connectivity index (χ4v) is 7.72. The number of carboxylic acid groups (broad SMARTS) is 1. The van der Waals surface area contributed by atoms with E-state index < -0.39 is 40.4 Å². The Labute approximate surface area is 251 Å². The molecule has 14 nitrogen and oxygen atoms in total. The van der Waals surface area contributed by atoms with E-state index >= 15 is 0 Å². The Morgan fingerprint density at radius 2 is 1.93 bits per heavy atom. The van der Waals surface area contributed by atoms with Gasteiger partial charge in [-0.1, -0.05) is 23.4 Å². The number of hydrogen-bond acceptors (Lipinski definition) is 10. The molecule has 3 heterocycles. The molecule has 0 bridgehead atoms. The van der Waals surface area contributed by atoms with Gasteiger partial charge in [-0.15, -0.1) is 11.3 Å². The summed E-state index contributed by atoms with van der Waals surface area (Å²) in [4.78, 5) is 44.3. The molecule has 3 aromatic rings. The Morgan fingerprint density at radius 1 is 1.19 bits per heavy atom. The van der Waals surface area contributed by atoms with Crippen molar-refractivity contribution in [3.05, 3.63) is 57.5 Å². The smallest absolute Gasteiger partial charge is 0.322 e. The second-order valence-corrected chi connectivity index (χ2v) is 13.5. The van der Waals surface area contributed by atoms with E-state index in [0.29, 0.717) is 29.3 Å². The molecule has 2 unspecified atom stereocenters. The molecular weight excluding hydrogens is 598 g/mol. The largest absolute Gasteiger partial charge is 0.480 e. The van der Waals surface area contributed by atoms with Crippen LogP contribution in [0.15, 0.2) is 46.4 Å². The van der Waals surface area contributed by atoms with Gasteiger partial charge in [-0.05, 0) is 35.9 Å². The maximum Gasteiger partial charge on any atom is 0.322 e. The van der Waals surface area contributed by atoms with E-state index in [0.717, 1.165) is 10.6 Å². The van der Waals surface area contributed by atoms with Crippen LogP contribution >= 0.6 is 11.3 Å². The van der Waals surface area contributed by atoms with E-state index in [-0.39, 0.29) is 47.8 Å². The number of fused-ring (bicyclic) bond motifs is 2. The maximum atomic E-state index is 13.8. The van der Waals surface area contributed by atoms with E-state index in [2.05, 4.69) is 20.8 Å². The van der Waals surface area contributed by atoms with E-state index in [1.54, 1.807) is 24.3 Å². The molecule has 5 rings (SSSR count). The van der Waals surface area contributed by atoms with Crippen LogP contribution in [0.3, 0.4) is 0 Å². The van der Waals surface area contributed by atoms with E-state index in [4.69, 9.17) is 16.0 Å². The summed E-state index contributed by atoms with van der Waals surface area (Å²) < 4.78 is 28.8. The number of thiazole rings is 1. The highest BCUT2D eigenvalue weighted by atomic mass is 32.2. The summed E-state index contributed by atoms with van der Waals surface area (Å²) in [6.45, 7) is 1.88. The van der Waals surface area contributed by atoms with Gasteiger partial charge in [0.2, 0.25) is 15.9 Å². The van der Waals surface area contributed by atoms with Crippen LogP contribution in [0.4, 0.5) is 0 Å². The van der Waals surface area contributed by atoms with Gasteiger partial charge >= 0.3 is 5.97 Å². The SMILES string of the molecule is CC1Cc2nc(C(=O)N3CCN(S(=O)(=O)c4ccc5cc(C(N)=NO)ccc5c4)CC3CC(=O)NCC(=O)O)sc2CN1. The molecule has 16 heteroatoms. The van der Waals surface area contributed by atoms with Gasteiger partial charge in [0.05, 0.1) is 16.6 Å². The highest BCUT2D eigenvalue weighted by molar-refractivity contribution is 7.89. The number of amidine groups is 1. The molecule has 6 N–H and O–H groups in total. The number of sulfonamides is 1. The monoisotopic (exact) mass is 629 g/mol. The predicted octanol–water partition coefficient (Wildman–Crippen LogP) is 0.531. The Bertz CT molecular complexity index is 1720. The molecule has 0 saturated carbocycles. The van der Waals surface area contributed by atoms with Gasteiger partial charge in [-0.25, -0.2) is 13.4 Å². The molecule has 2 aromatic carbocycles. The van der Waals surface area contributed by atoms with E-state index in [1.165, 1.54) is 32.7 Å². The van der Waals surface area contributed by atoms with Crippen LogP contribution in [0.5, 0.6) is 0 Å². The average Bonchev–Trinajstić information content (AvgIpc) is 3.42. The summed E-state index contributed by atoms with van der Waals surface area (Å²) in [5, 5.41) is 28.1. The van der Waals surface area contributed by atoms with Crippen molar-refractivity contribution in [1.82, 2.24) is 24.8 Å². The number of carboxylic acids is 1. The lowest BCUT2D eigenvalue weighted by Gasteiger charge is -2.40. The average molecular weight is 630 g/mol. The van der Waals surface area contributed by atoms with Gasteiger partial charge in [0.15, 0.2) is 10.8 Å². The lowest BCUT2D eigenvalue weighted by Crippen LogP contribution is -2.57. The number of benzene rings is 2. The van der Waals surface area contributed by atoms with Crippen LogP contribution in [0, 0.1) is 0 Å². The molecule has 1 saturated heterocycles. The van der Waals surface area contributed by atoms with Crippen molar-refractivity contribution in [1.29, 1.82) is 0 Å². The standard InChI is InChI=1S/C27H31N7O7S2/c1-15-8-21-22(12-29-15)42-26(31-21)27(38)34-7-6-33(14-19(34)11-23(35)30-13-24(36)37)43(40,41)20-5-4-16-9-18(25(28)32-39)3-2-17(16)10-20/h2-5,9-10,15,19,29,39H,6-8,11-14H2,1H3,(H2,28,32)(H,30,35)(H,36,37). The number of nitrogens with two attached hydrogens (primary N) is 1. The third-order valence-electron chi connectivity index (χ3n) is 7.49. The minimum absolute atomic E-state index is 0.00846. The highest BCUT2D eigenvalue weighted by Gasteiger charge is 2.39. The predicted molar refractivity (Wildman–Crippen MR) is 157 cm³/mol. The molecule has 0 radical (unpaired) electrons. The van der Waals surface area contributed by atoms with Crippen LogP contribution in [0.2, 0.25) is 0 Å². The Morgan fingerprint density at radius 3 is 2.67 bits per heavy atom. The molecule has 2 aliphatic rings. The van der Waals surface area contributed by atoms with Crippen molar-refractivity contribution >= 4 is 55.8 Å². The number of rotatable bonds is 8. The fourth-order valence-electron chi connectivity index (χ4n) is 5.22. The second kappa shape index (κ2) is 12.2. The first-order valence-electron chi connectivity index (χ1n) is 13.5. The van der Waals surface area contributed by atoms with Gasteiger partial charge in [0.25, 0.3) is 5.91 Å². The van der Waals surface area contributed by atoms with Crippen LogP contribution in [0.25, 0.3) is 10.8 Å². The molecule has 1 aromatic heterocycles.